The molecule has 0 aliphatic carbocycles. The number of carbonyl (C=O) groups is 1. The Morgan fingerprint density at radius 1 is 1.21 bits per heavy atom. The third-order valence-corrected chi connectivity index (χ3v) is 4.49. The molecule has 0 atom stereocenters. The van der Waals surface area contributed by atoms with Gasteiger partial charge in [-0.05, 0) is 38.8 Å². The monoisotopic (exact) mass is 420 g/mol. The number of rotatable bonds is 3. The Bertz CT molecular complexity index is 749. The third kappa shape index (κ3) is 7.08. The molecule has 1 saturated heterocycles. The van der Waals surface area contributed by atoms with Crippen molar-refractivity contribution in [3.63, 3.8) is 0 Å². The minimum absolute atomic E-state index is 0. The Morgan fingerprint density at radius 2 is 1.79 bits per heavy atom. The van der Waals surface area contributed by atoms with Gasteiger partial charge in [-0.15, -0.1) is 11.9 Å². The summed E-state index contributed by atoms with van der Waals surface area (Å²) in [5.41, 5.74) is 0.308. The first kappa shape index (κ1) is 25.5. The number of ether oxygens (including phenoxy) is 1. The molecule has 1 amide bonds. The average molecular weight is 420 g/mol. The summed E-state index contributed by atoms with van der Waals surface area (Å²) in [6.07, 6.45) is 5.02. The number of benzene rings is 1. The van der Waals surface area contributed by atoms with Gasteiger partial charge < -0.3 is 22.6 Å². The maximum atomic E-state index is 13.2. The van der Waals surface area contributed by atoms with E-state index in [-0.39, 0.29) is 63.0 Å². The molecule has 148 valence electrons. The van der Waals surface area contributed by atoms with Gasteiger partial charge in [-0.1, -0.05) is 18.1 Å². The van der Waals surface area contributed by atoms with Crippen molar-refractivity contribution in [1.29, 1.82) is 0 Å². The van der Waals surface area contributed by atoms with E-state index in [4.69, 9.17) is 11.2 Å². The maximum absolute atomic E-state index is 13.2. The molecule has 0 N–H and O–H groups in total. The Balaban J connectivity index is 0.00000392. The molecule has 0 bridgehead atoms. The van der Waals surface area contributed by atoms with Crippen LogP contribution in [0.25, 0.3) is 0 Å². The zero-order valence-electron chi connectivity index (χ0n) is 17.2. The molecule has 28 heavy (non-hydrogen) atoms. The number of piperazine rings is 1. The van der Waals surface area contributed by atoms with Gasteiger partial charge in [-0.3, -0.25) is 4.90 Å². The zero-order chi connectivity index (χ0) is 20.4. The van der Waals surface area contributed by atoms with Crippen molar-refractivity contribution < 1.29 is 73.9 Å². The molecule has 0 radical (unpaired) electrons. The van der Waals surface area contributed by atoms with E-state index in [1.54, 1.807) is 11.8 Å². The fourth-order valence-electron chi connectivity index (χ4n) is 2.96. The first-order valence-corrected chi connectivity index (χ1v) is 8.91. The zero-order valence-corrected chi connectivity index (χ0v) is 20.3. The van der Waals surface area contributed by atoms with Crippen molar-refractivity contribution in [3.05, 3.63) is 28.8 Å². The fourth-order valence-corrected chi connectivity index (χ4v) is 2.96. The van der Waals surface area contributed by atoms with Gasteiger partial charge in [0.2, 0.25) is 0 Å². The predicted octanol–water partition coefficient (Wildman–Crippen LogP) is 0.0874. The van der Waals surface area contributed by atoms with Crippen molar-refractivity contribution in [2.75, 3.05) is 26.2 Å². The summed E-state index contributed by atoms with van der Waals surface area (Å²) >= 11 is 0. The molecule has 0 saturated carbocycles. The number of nitrogens with zero attached hydrogens (tertiary/aromatic N) is 2. The summed E-state index contributed by atoms with van der Waals surface area (Å²) in [7, 11) is 0. The van der Waals surface area contributed by atoms with E-state index in [9.17, 15) is 17.7 Å². The largest absolute Gasteiger partial charge is 1.00 e. The second-order valence-corrected chi connectivity index (χ2v) is 7.82. The Kier molecular flexibility index (Phi) is 9.13. The molecule has 1 aliphatic heterocycles. The van der Waals surface area contributed by atoms with Crippen LogP contribution in [-0.4, -0.2) is 54.7 Å². The number of hydrogen-bond acceptors (Lipinski definition) is 3. The van der Waals surface area contributed by atoms with Gasteiger partial charge in [0.25, 0.3) is 0 Å². The topological polar surface area (TPSA) is 32.8 Å². The van der Waals surface area contributed by atoms with E-state index in [1.807, 2.05) is 25.7 Å². The number of terminal acetylenes is 1. The molecule has 0 spiro atoms. The van der Waals surface area contributed by atoms with Gasteiger partial charge in [-0.25, -0.2) is 4.79 Å². The SMILES string of the molecule is C#Cc1cc([B-](F)(F)F)cc(CN2CCN(C(=O)OC(C)(C)C)CC2)c1C.[K+]. The van der Waals surface area contributed by atoms with E-state index in [0.717, 1.165) is 6.07 Å². The molecular formula is C19H25BF3KN2O2. The fraction of sp³-hybridized carbons (Fsp3) is 0.526. The Hall–Kier alpha value is -0.499. The van der Waals surface area contributed by atoms with E-state index >= 15 is 0 Å². The molecule has 1 fully saturated rings. The van der Waals surface area contributed by atoms with Crippen LogP contribution in [0, 0.1) is 19.3 Å². The van der Waals surface area contributed by atoms with Gasteiger partial charge in [-0.2, -0.15) is 0 Å². The van der Waals surface area contributed by atoms with Crippen LogP contribution in [0.4, 0.5) is 17.7 Å². The molecule has 1 heterocycles. The first-order chi connectivity index (χ1) is 12.4. The van der Waals surface area contributed by atoms with Crippen LogP contribution in [-0.2, 0) is 11.3 Å². The number of carbonyl (C=O) groups excluding carboxylic acids is 1. The quantitative estimate of drug-likeness (QED) is 0.514. The molecule has 9 heteroatoms. The van der Waals surface area contributed by atoms with Crippen LogP contribution in [0.2, 0.25) is 0 Å². The van der Waals surface area contributed by atoms with Gasteiger partial charge in [0.05, 0.1) is 0 Å². The van der Waals surface area contributed by atoms with Crippen LogP contribution in [0.1, 0.15) is 37.5 Å². The van der Waals surface area contributed by atoms with Crippen LogP contribution < -0.4 is 56.8 Å². The van der Waals surface area contributed by atoms with Crippen LogP contribution in [0.5, 0.6) is 0 Å². The molecule has 1 aromatic carbocycles. The van der Waals surface area contributed by atoms with Crippen LogP contribution >= 0.6 is 0 Å². The van der Waals surface area contributed by atoms with Crippen molar-refractivity contribution in [1.82, 2.24) is 9.80 Å². The number of amides is 1. The summed E-state index contributed by atoms with van der Waals surface area (Å²) < 4.78 is 44.9. The second kappa shape index (κ2) is 10.0. The standard InChI is InChI=1S/C19H25BF3N2O2.K/c1-6-15-11-17(20(21,22)23)12-16(14(15)2)13-24-7-9-25(10-8-24)18(26)27-19(3,4)5;/h1,11-12H,7-10,13H2,2-5H3;/q-1;+1. The van der Waals surface area contributed by atoms with Crippen LogP contribution in [0.15, 0.2) is 12.1 Å². The molecule has 2 rings (SSSR count). The minimum atomic E-state index is -5.11. The van der Waals surface area contributed by atoms with Gasteiger partial charge >= 0.3 is 64.5 Å². The van der Waals surface area contributed by atoms with Gasteiger partial charge in [0.15, 0.2) is 0 Å². The minimum Gasteiger partial charge on any atom is -0.445 e. The average Bonchev–Trinajstić information content (AvgIpc) is 2.54. The van der Waals surface area contributed by atoms with E-state index in [1.165, 1.54) is 6.07 Å². The van der Waals surface area contributed by atoms with Crippen molar-refractivity contribution in [2.45, 2.75) is 39.8 Å². The summed E-state index contributed by atoms with van der Waals surface area (Å²) in [5, 5.41) is 0. The normalized spacial score (nSPS) is 15.6. The van der Waals surface area contributed by atoms with Crippen molar-refractivity contribution >= 4 is 18.5 Å². The second-order valence-electron chi connectivity index (χ2n) is 7.82. The van der Waals surface area contributed by atoms with Crippen LogP contribution in [0.3, 0.4) is 0 Å². The maximum Gasteiger partial charge on any atom is 1.00 e. The van der Waals surface area contributed by atoms with Gasteiger partial charge in [0.1, 0.15) is 5.60 Å². The summed E-state index contributed by atoms with van der Waals surface area (Å²) in [6, 6.07) is 2.23. The molecule has 1 aromatic rings. The Labute approximate surface area is 207 Å². The molecule has 0 unspecified atom stereocenters. The van der Waals surface area contributed by atoms with Crippen molar-refractivity contribution in [3.8, 4) is 12.3 Å². The summed E-state index contributed by atoms with van der Waals surface area (Å²) in [6.45, 7) is 4.48. The van der Waals surface area contributed by atoms with Crippen molar-refractivity contribution in [2.24, 2.45) is 0 Å². The van der Waals surface area contributed by atoms with E-state index < -0.39 is 18.0 Å². The molecular weight excluding hydrogens is 395 g/mol. The smallest absolute Gasteiger partial charge is 0.445 e. The first-order valence-electron chi connectivity index (χ1n) is 8.91. The van der Waals surface area contributed by atoms with Gasteiger partial charge in [0, 0.05) is 38.3 Å². The van der Waals surface area contributed by atoms with E-state index in [0.29, 0.717) is 43.9 Å². The number of hydrogen-bond donors (Lipinski definition) is 0. The predicted molar refractivity (Wildman–Crippen MR) is 101 cm³/mol. The summed E-state index contributed by atoms with van der Waals surface area (Å²) in [5.74, 6) is 2.35. The Morgan fingerprint density at radius 3 is 2.25 bits per heavy atom. The summed E-state index contributed by atoms with van der Waals surface area (Å²) in [4.78, 5) is 15.8. The molecule has 0 aromatic heterocycles. The molecule has 4 nitrogen and oxygen atoms in total. The molecule has 1 aliphatic rings. The number of halogens is 3. The van der Waals surface area contributed by atoms with E-state index in [2.05, 4.69) is 5.92 Å². The third-order valence-electron chi connectivity index (χ3n) is 4.49.